The standard InChI is InChI=1S/C27H41NO5/c1-19-7-9-20(10-8-19)32-25(4,5)23(29)28-15-13-27(14-16-28)17-22(31-18-27)26(6)12-11-21(33-26)24(2,3)30/h7-10,21-22,30H,11-18H2,1-6H3/t21-,22-,26-/m1/s1. The summed E-state index contributed by atoms with van der Waals surface area (Å²) in [4.78, 5) is 15.2. The number of hydrogen-bond donors (Lipinski definition) is 1. The summed E-state index contributed by atoms with van der Waals surface area (Å²) >= 11 is 0. The highest BCUT2D eigenvalue weighted by molar-refractivity contribution is 5.85. The zero-order valence-corrected chi connectivity index (χ0v) is 21.1. The van der Waals surface area contributed by atoms with E-state index in [1.807, 2.05) is 63.8 Å². The maximum atomic E-state index is 13.3. The molecule has 0 bridgehead atoms. The van der Waals surface area contributed by atoms with Gasteiger partial charge in [-0.05, 0) is 91.2 Å². The Kier molecular flexibility index (Phi) is 6.34. The number of amides is 1. The summed E-state index contributed by atoms with van der Waals surface area (Å²) in [6.45, 7) is 13.7. The van der Waals surface area contributed by atoms with Crippen LogP contribution in [0.2, 0.25) is 0 Å². The van der Waals surface area contributed by atoms with E-state index in [-0.39, 0.29) is 29.1 Å². The summed E-state index contributed by atoms with van der Waals surface area (Å²) < 4.78 is 18.7. The Labute approximate surface area is 198 Å². The van der Waals surface area contributed by atoms with Crippen LogP contribution in [0.3, 0.4) is 0 Å². The lowest BCUT2D eigenvalue weighted by Gasteiger charge is -2.41. The fourth-order valence-corrected chi connectivity index (χ4v) is 5.63. The lowest BCUT2D eigenvalue weighted by molar-refractivity contribution is -0.155. The zero-order chi connectivity index (χ0) is 24.1. The normalized spacial score (nSPS) is 30.1. The highest BCUT2D eigenvalue weighted by Crippen LogP contribution is 2.49. The second kappa shape index (κ2) is 8.54. The maximum absolute atomic E-state index is 13.3. The minimum Gasteiger partial charge on any atom is -0.478 e. The highest BCUT2D eigenvalue weighted by Gasteiger charge is 2.54. The third-order valence-corrected chi connectivity index (χ3v) is 8.01. The van der Waals surface area contributed by atoms with Gasteiger partial charge in [0.15, 0.2) is 5.60 Å². The van der Waals surface area contributed by atoms with Crippen LogP contribution in [0.5, 0.6) is 5.75 Å². The van der Waals surface area contributed by atoms with Crippen LogP contribution in [0.15, 0.2) is 24.3 Å². The van der Waals surface area contributed by atoms with Crippen molar-refractivity contribution in [3.8, 4) is 5.75 Å². The Morgan fingerprint density at radius 3 is 2.33 bits per heavy atom. The van der Waals surface area contributed by atoms with Gasteiger partial charge in [0.1, 0.15) is 5.75 Å². The van der Waals surface area contributed by atoms with Gasteiger partial charge in [-0.2, -0.15) is 0 Å². The smallest absolute Gasteiger partial charge is 0.266 e. The molecule has 0 saturated carbocycles. The molecule has 3 aliphatic rings. The van der Waals surface area contributed by atoms with Crippen LogP contribution in [-0.4, -0.2) is 64.6 Å². The molecule has 4 rings (SSSR count). The van der Waals surface area contributed by atoms with E-state index in [0.29, 0.717) is 5.75 Å². The number of hydrogen-bond acceptors (Lipinski definition) is 5. The summed E-state index contributed by atoms with van der Waals surface area (Å²) in [6.07, 6.45) is 4.45. The molecule has 1 amide bonds. The number of rotatable bonds is 5. The Bertz CT molecular complexity index is 850. The largest absolute Gasteiger partial charge is 0.478 e. The highest BCUT2D eigenvalue weighted by atomic mass is 16.6. The van der Waals surface area contributed by atoms with Crippen molar-refractivity contribution in [1.82, 2.24) is 4.90 Å². The summed E-state index contributed by atoms with van der Waals surface area (Å²) in [5.74, 6) is 0.751. The summed E-state index contributed by atoms with van der Waals surface area (Å²) in [5, 5.41) is 10.4. The molecule has 3 aliphatic heterocycles. The Morgan fingerprint density at radius 2 is 1.76 bits per heavy atom. The van der Waals surface area contributed by atoms with E-state index in [1.165, 1.54) is 0 Å². The maximum Gasteiger partial charge on any atom is 0.266 e. The van der Waals surface area contributed by atoms with Crippen molar-refractivity contribution in [2.45, 2.75) is 103 Å². The molecule has 0 aliphatic carbocycles. The van der Waals surface area contributed by atoms with Crippen LogP contribution >= 0.6 is 0 Å². The second-order valence-corrected chi connectivity index (χ2v) is 11.8. The molecule has 3 atom stereocenters. The predicted octanol–water partition coefficient (Wildman–Crippen LogP) is 4.26. The molecule has 3 saturated heterocycles. The SMILES string of the molecule is Cc1ccc(OC(C)(C)C(=O)N2CCC3(CC2)CO[C@@H]([C@@]2(C)CC[C@H](C(C)(C)O)O2)C3)cc1. The van der Waals surface area contributed by atoms with Gasteiger partial charge >= 0.3 is 0 Å². The lowest BCUT2D eigenvalue weighted by Crippen LogP contribution is -2.53. The van der Waals surface area contributed by atoms with Crippen molar-refractivity contribution < 1.29 is 24.1 Å². The summed E-state index contributed by atoms with van der Waals surface area (Å²) in [7, 11) is 0. The van der Waals surface area contributed by atoms with E-state index in [9.17, 15) is 9.90 Å². The molecule has 1 aromatic carbocycles. The fourth-order valence-electron chi connectivity index (χ4n) is 5.63. The van der Waals surface area contributed by atoms with Crippen molar-refractivity contribution in [3.63, 3.8) is 0 Å². The molecule has 0 radical (unpaired) electrons. The lowest BCUT2D eigenvalue weighted by atomic mass is 9.74. The second-order valence-electron chi connectivity index (χ2n) is 11.8. The number of ether oxygens (including phenoxy) is 3. The quantitative estimate of drug-likeness (QED) is 0.713. The Morgan fingerprint density at radius 1 is 1.12 bits per heavy atom. The molecule has 3 fully saturated rings. The van der Waals surface area contributed by atoms with E-state index in [4.69, 9.17) is 14.2 Å². The predicted molar refractivity (Wildman–Crippen MR) is 127 cm³/mol. The first-order valence-electron chi connectivity index (χ1n) is 12.4. The number of benzene rings is 1. The molecular formula is C27H41NO5. The van der Waals surface area contributed by atoms with Crippen molar-refractivity contribution in [2.24, 2.45) is 5.41 Å². The van der Waals surface area contributed by atoms with E-state index in [0.717, 1.165) is 57.4 Å². The van der Waals surface area contributed by atoms with Gasteiger partial charge in [-0.1, -0.05) is 17.7 Å². The minimum absolute atomic E-state index is 0.0347. The molecule has 0 aromatic heterocycles. The topological polar surface area (TPSA) is 68.2 Å². The van der Waals surface area contributed by atoms with Gasteiger partial charge in [0.2, 0.25) is 0 Å². The molecular weight excluding hydrogens is 418 g/mol. The zero-order valence-electron chi connectivity index (χ0n) is 21.1. The van der Waals surface area contributed by atoms with Gasteiger partial charge in [-0.15, -0.1) is 0 Å². The fraction of sp³-hybridized carbons (Fsp3) is 0.741. The Balaban J connectivity index is 1.33. The molecule has 0 unspecified atom stereocenters. The molecule has 3 heterocycles. The van der Waals surface area contributed by atoms with Crippen molar-refractivity contribution in [1.29, 1.82) is 0 Å². The molecule has 1 aromatic rings. The molecule has 33 heavy (non-hydrogen) atoms. The molecule has 184 valence electrons. The van der Waals surface area contributed by atoms with Crippen LogP contribution < -0.4 is 4.74 Å². The summed E-state index contributed by atoms with van der Waals surface area (Å²) in [6, 6.07) is 7.82. The number of carbonyl (C=O) groups is 1. The third-order valence-electron chi connectivity index (χ3n) is 8.01. The van der Waals surface area contributed by atoms with E-state index in [2.05, 4.69) is 6.92 Å². The van der Waals surface area contributed by atoms with Crippen LogP contribution in [0.1, 0.15) is 72.3 Å². The number of likely N-dealkylation sites (tertiary alicyclic amines) is 1. The van der Waals surface area contributed by atoms with Gasteiger partial charge in [0.25, 0.3) is 5.91 Å². The molecule has 1 N–H and O–H groups in total. The van der Waals surface area contributed by atoms with Gasteiger partial charge in [-0.3, -0.25) is 4.79 Å². The van der Waals surface area contributed by atoms with Gasteiger partial charge in [0, 0.05) is 13.1 Å². The van der Waals surface area contributed by atoms with E-state index >= 15 is 0 Å². The van der Waals surface area contributed by atoms with Gasteiger partial charge < -0.3 is 24.2 Å². The number of aliphatic hydroxyl groups is 1. The molecule has 6 heteroatoms. The molecule has 1 spiro atoms. The number of piperidine rings is 1. The van der Waals surface area contributed by atoms with Crippen LogP contribution in [0.4, 0.5) is 0 Å². The first-order valence-corrected chi connectivity index (χ1v) is 12.4. The first kappa shape index (κ1) is 24.5. The van der Waals surface area contributed by atoms with E-state index in [1.54, 1.807) is 0 Å². The van der Waals surface area contributed by atoms with Crippen LogP contribution in [0.25, 0.3) is 0 Å². The Hall–Kier alpha value is -1.63. The third kappa shape index (κ3) is 5.08. The number of nitrogens with zero attached hydrogens (tertiary/aromatic N) is 1. The van der Waals surface area contributed by atoms with Crippen molar-refractivity contribution >= 4 is 5.91 Å². The van der Waals surface area contributed by atoms with Gasteiger partial charge in [0.05, 0.1) is 30.0 Å². The average molecular weight is 460 g/mol. The summed E-state index contributed by atoms with van der Waals surface area (Å²) in [5.41, 5.74) is -0.843. The minimum atomic E-state index is -0.911. The number of aryl methyl sites for hydroxylation is 1. The van der Waals surface area contributed by atoms with E-state index < -0.39 is 11.2 Å². The molecule has 6 nitrogen and oxygen atoms in total. The number of carbonyl (C=O) groups excluding carboxylic acids is 1. The van der Waals surface area contributed by atoms with Crippen molar-refractivity contribution in [2.75, 3.05) is 19.7 Å². The first-order chi connectivity index (χ1) is 15.3. The van der Waals surface area contributed by atoms with Crippen molar-refractivity contribution in [3.05, 3.63) is 29.8 Å². The van der Waals surface area contributed by atoms with Gasteiger partial charge in [-0.25, -0.2) is 0 Å². The van der Waals surface area contributed by atoms with Crippen LogP contribution in [-0.2, 0) is 14.3 Å². The van der Waals surface area contributed by atoms with Crippen LogP contribution in [0, 0.1) is 12.3 Å². The monoisotopic (exact) mass is 459 g/mol. The average Bonchev–Trinajstić information content (AvgIpc) is 3.35.